The zero-order valence-electron chi connectivity index (χ0n) is 10.3. The van der Waals surface area contributed by atoms with Crippen LogP contribution in [0.1, 0.15) is 27.2 Å². The van der Waals surface area contributed by atoms with Gasteiger partial charge in [0.1, 0.15) is 0 Å². The Morgan fingerprint density at radius 1 is 1.53 bits per heavy atom. The number of allylic oxidation sites excluding steroid dienone is 2. The highest BCUT2D eigenvalue weighted by Crippen LogP contribution is 2.31. The molecule has 0 aromatic heterocycles. The summed E-state index contributed by atoms with van der Waals surface area (Å²) in [6.45, 7) is 5.13. The van der Waals surface area contributed by atoms with E-state index in [0.29, 0.717) is 0 Å². The molecule has 2 atom stereocenters. The molecule has 0 heterocycles. The predicted molar refractivity (Wildman–Crippen MR) is 62.5 cm³/mol. The summed E-state index contributed by atoms with van der Waals surface area (Å²) in [4.78, 5) is 11.8. The first-order valence-corrected chi connectivity index (χ1v) is 5.48. The van der Waals surface area contributed by atoms with E-state index in [1.807, 2.05) is 6.07 Å². The van der Waals surface area contributed by atoms with Gasteiger partial charge < -0.3 is 9.84 Å². The molecule has 1 N–H and O–H groups in total. The average Bonchev–Trinajstić information content (AvgIpc) is 2.20. The van der Waals surface area contributed by atoms with Gasteiger partial charge in [-0.05, 0) is 26.8 Å². The van der Waals surface area contributed by atoms with Crippen molar-refractivity contribution in [3.63, 3.8) is 0 Å². The summed E-state index contributed by atoms with van der Waals surface area (Å²) in [7, 11) is 0. The molecule has 0 aromatic carbocycles. The van der Waals surface area contributed by atoms with E-state index >= 15 is 0 Å². The van der Waals surface area contributed by atoms with Crippen LogP contribution in [0.4, 0.5) is 0 Å². The van der Waals surface area contributed by atoms with E-state index in [2.05, 4.69) is 0 Å². The van der Waals surface area contributed by atoms with Gasteiger partial charge >= 0.3 is 5.97 Å². The monoisotopic (exact) mass is 235 g/mol. The number of hydrogen-bond acceptors (Lipinski definition) is 4. The number of nitrogens with zero attached hydrogens (tertiary/aromatic N) is 1. The molecule has 0 saturated heterocycles. The van der Waals surface area contributed by atoms with Gasteiger partial charge in [-0.3, -0.25) is 4.79 Å². The largest absolute Gasteiger partial charge is 0.428 e. The highest BCUT2D eigenvalue weighted by Gasteiger charge is 2.40. The fraction of sp³-hybridized carbons (Fsp3) is 0.538. The second kappa shape index (κ2) is 4.72. The minimum atomic E-state index is -1.71. The maximum atomic E-state index is 11.8. The molecular weight excluding hydrogens is 218 g/mol. The van der Waals surface area contributed by atoms with Crippen molar-refractivity contribution in [2.75, 3.05) is 0 Å². The standard InChI is InChI=1S/C13H17NO3/c1-12(2,3)11(15)17-13(16)8-5-4-6-10(13)7-9-14/h4-6,8,10,16H,7H2,1-3H3. The minimum Gasteiger partial charge on any atom is -0.428 e. The lowest BCUT2D eigenvalue weighted by molar-refractivity contribution is -0.210. The Labute approximate surface area is 101 Å². The summed E-state index contributed by atoms with van der Waals surface area (Å²) in [6, 6.07) is 1.97. The van der Waals surface area contributed by atoms with Crippen LogP contribution in [0.2, 0.25) is 0 Å². The van der Waals surface area contributed by atoms with Crippen LogP contribution in [0.15, 0.2) is 24.3 Å². The van der Waals surface area contributed by atoms with Gasteiger partial charge in [0.05, 0.1) is 17.4 Å². The highest BCUT2D eigenvalue weighted by atomic mass is 16.7. The molecule has 17 heavy (non-hydrogen) atoms. The normalized spacial score (nSPS) is 27.6. The Hall–Kier alpha value is -1.60. The van der Waals surface area contributed by atoms with Crippen molar-refractivity contribution in [1.29, 1.82) is 5.26 Å². The topological polar surface area (TPSA) is 70.3 Å². The van der Waals surface area contributed by atoms with Crippen molar-refractivity contribution in [2.45, 2.75) is 33.0 Å². The van der Waals surface area contributed by atoms with E-state index in [1.165, 1.54) is 6.08 Å². The Morgan fingerprint density at radius 2 is 2.18 bits per heavy atom. The molecule has 1 rings (SSSR count). The summed E-state index contributed by atoms with van der Waals surface area (Å²) in [6.07, 6.45) is 6.48. The van der Waals surface area contributed by atoms with E-state index in [-0.39, 0.29) is 6.42 Å². The molecule has 0 saturated carbocycles. The van der Waals surface area contributed by atoms with Gasteiger partial charge in [0.15, 0.2) is 0 Å². The molecule has 0 aliphatic heterocycles. The number of esters is 1. The number of ether oxygens (including phenoxy) is 1. The average molecular weight is 235 g/mol. The van der Waals surface area contributed by atoms with Crippen LogP contribution in [0.3, 0.4) is 0 Å². The molecule has 4 nitrogen and oxygen atoms in total. The molecule has 92 valence electrons. The van der Waals surface area contributed by atoms with Crippen LogP contribution < -0.4 is 0 Å². The Balaban J connectivity index is 2.86. The number of carbonyl (C=O) groups is 1. The fourth-order valence-electron chi connectivity index (χ4n) is 1.38. The van der Waals surface area contributed by atoms with Crippen LogP contribution in [-0.2, 0) is 9.53 Å². The van der Waals surface area contributed by atoms with Gasteiger partial charge in [0, 0.05) is 6.42 Å². The van der Waals surface area contributed by atoms with Crippen molar-refractivity contribution in [2.24, 2.45) is 11.3 Å². The third-order valence-corrected chi connectivity index (χ3v) is 2.50. The Morgan fingerprint density at radius 3 is 2.71 bits per heavy atom. The van der Waals surface area contributed by atoms with Crippen LogP contribution in [0.5, 0.6) is 0 Å². The maximum absolute atomic E-state index is 11.8. The fourth-order valence-corrected chi connectivity index (χ4v) is 1.38. The lowest BCUT2D eigenvalue weighted by atomic mass is 9.90. The lowest BCUT2D eigenvalue weighted by Crippen LogP contribution is -2.43. The third kappa shape index (κ3) is 3.18. The summed E-state index contributed by atoms with van der Waals surface area (Å²) < 4.78 is 5.14. The van der Waals surface area contributed by atoms with Crippen LogP contribution in [0, 0.1) is 22.7 Å². The molecule has 4 heteroatoms. The van der Waals surface area contributed by atoms with E-state index < -0.39 is 23.1 Å². The summed E-state index contributed by atoms with van der Waals surface area (Å²) in [5, 5.41) is 18.9. The molecule has 1 aliphatic carbocycles. The van der Waals surface area contributed by atoms with Gasteiger partial charge in [-0.2, -0.15) is 5.26 Å². The minimum absolute atomic E-state index is 0.0920. The second-order valence-corrected chi connectivity index (χ2v) is 5.10. The van der Waals surface area contributed by atoms with Gasteiger partial charge in [0.2, 0.25) is 5.79 Å². The molecule has 2 unspecified atom stereocenters. The SMILES string of the molecule is CC(C)(C)C(=O)OC1(O)C=CC=CC1CC#N. The smallest absolute Gasteiger partial charge is 0.313 e. The van der Waals surface area contributed by atoms with E-state index in [4.69, 9.17) is 10.00 Å². The molecule has 0 bridgehead atoms. The summed E-state index contributed by atoms with van der Waals surface area (Å²) >= 11 is 0. The zero-order chi connectivity index (χ0) is 13.1. The second-order valence-electron chi connectivity index (χ2n) is 5.10. The molecule has 0 aromatic rings. The van der Waals surface area contributed by atoms with Crippen LogP contribution in [-0.4, -0.2) is 16.9 Å². The predicted octanol–water partition coefficient (Wildman–Crippen LogP) is 1.92. The number of aliphatic hydroxyl groups is 1. The van der Waals surface area contributed by atoms with Crippen molar-refractivity contribution >= 4 is 5.97 Å². The molecule has 0 radical (unpaired) electrons. The molecule has 0 fully saturated rings. The number of nitriles is 1. The first-order chi connectivity index (χ1) is 7.79. The van der Waals surface area contributed by atoms with Crippen molar-refractivity contribution < 1.29 is 14.6 Å². The number of rotatable bonds is 2. The van der Waals surface area contributed by atoms with E-state index in [0.717, 1.165) is 0 Å². The molecule has 0 amide bonds. The lowest BCUT2D eigenvalue weighted by Gasteiger charge is -2.33. The molecule has 0 spiro atoms. The number of carbonyl (C=O) groups excluding carboxylic acids is 1. The van der Waals surface area contributed by atoms with Crippen molar-refractivity contribution in [1.82, 2.24) is 0 Å². The van der Waals surface area contributed by atoms with Crippen LogP contribution >= 0.6 is 0 Å². The van der Waals surface area contributed by atoms with Gasteiger partial charge in [-0.15, -0.1) is 0 Å². The maximum Gasteiger partial charge on any atom is 0.313 e. The van der Waals surface area contributed by atoms with E-state index in [1.54, 1.807) is 39.0 Å². The number of hydrogen-bond donors (Lipinski definition) is 1. The Bertz CT molecular complexity index is 398. The van der Waals surface area contributed by atoms with Gasteiger partial charge in [-0.1, -0.05) is 18.2 Å². The first-order valence-electron chi connectivity index (χ1n) is 5.48. The quantitative estimate of drug-likeness (QED) is 0.586. The Kier molecular flexibility index (Phi) is 3.74. The van der Waals surface area contributed by atoms with Gasteiger partial charge in [0.25, 0.3) is 0 Å². The first kappa shape index (κ1) is 13.5. The van der Waals surface area contributed by atoms with Crippen molar-refractivity contribution in [3.8, 4) is 6.07 Å². The highest BCUT2D eigenvalue weighted by molar-refractivity contribution is 5.76. The zero-order valence-corrected chi connectivity index (χ0v) is 10.3. The third-order valence-electron chi connectivity index (χ3n) is 2.50. The summed E-state index contributed by atoms with van der Waals surface area (Å²) in [5.74, 6) is -2.74. The molecule has 1 aliphatic rings. The molecular formula is C13H17NO3. The summed E-state index contributed by atoms with van der Waals surface area (Å²) in [5.41, 5.74) is -0.693. The van der Waals surface area contributed by atoms with Crippen molar-refractivity contribution in [3.05, 3.63) is 24.3 Å². The van der Waals surface area contributed by atoms with Crippen LogP contribution in [0.25, 0.3) is 0 Å². The van der Waals surface area contributed by atoms with Gasteiger partial charge in [-0.25, -0.2) is 0 Å². The van der Waals surface area contributed by atoms with E-state index in [9.17, 15) is 9.90 Å².